The lowest BCUT2D eigenvalue weighted by molar-refractivity contribution is 0.0335. The average Bonchev–Trinajstić information content (AvgIpc) is 3.24. The van der Waals surface area contributed by atoms with E-state index in [9.17, 15) is 4.79 Å². The molecule has 24 heavy (non-hydrogen) atoms. The van der Waals surface area contributed by atoms with Gasteiger partial charge < -0.3 is 18.5 Å². The number of aromatic nitrogens is 2. The van der Waals surface area contributed by atoms with Crippen molar-refractivity contribution in [2.24, 2.45) is 5.92 Å². The van der Waals surface area contributed by atoms with Gasteiger partial charge in [-0.25, -0.2) is 0 Å². The molecule has 0 spiro atoms. The lowest BCUT2D eigenvalue weighted by Gasteiger charge is -2.18. The minimum Gasteiger partial charge on any atom is -0.466 e. The van der Waals surface area contributed by atoms with Gasteiger partial charge in [-0.05, 0) is 26.3 Å². The number of amides is 1. The number of nitrogens with zero attached hydrogens (tertiary/aromatic N) is 3. The monoisotopic (exact) mass is 331 g/mol. The minimum absolute atomic E-state index is 0.0337. The predicted octanol–water partition coefficient (Wildman–Crippen LogP) is 2.06. The van der Waals surface area contributed by atoms with Gasteiger partial charge in [0.25, 0.3) is 5.91 Å². The number of rotatable bonds is 3. The van der Waals surface area contributed by atoms with Crippen LogP contribution in [-0.4, -0.2) is 46.3 Å². The first kappa shape index (κ1) is 15.4. The summed E-state index contributed by atoms with van der Waals surface area (Å²) in [5.74, 6) is 3.05. The third-order valence-electron chi connectivity index (χ3n) is 4.84. The Bertz CT molecular complexity index is 752. The average molecular weight is 331 g/mol. The van der Waals surface area contributed by atoms with E-state index >= 15 is 0 Å². The van der Waals surface area contributed by atoms with Crippen molar-refractivity contribution in [3.8, 4) is 0 Å². The number of fused-ring (bicyclic) bond motifs is 1. The first-order valence-electron chi connectivity index (χ1n) is 8.30. The molecule has 4 heterocycles. The largest absolute Gasteiger partial charge is 0.466 e. The van der Waals surface area contributed by atoms with Gasteiger partial charge in [0, 0.05) is 25.9 Å². The van der Waals surface area contributed by atoms with Crippen molar-refractivity contribution < 1.29 is 18.4 Å². The quantitative estimate of drug-likeness (QED) is 0.856. The second kappa shape index (κ2) is 5.73. The highest BCUT2D eigenvalue weighted by Crippen LogP contribution is 2.35. The molecule has 0 radical (unpaired) electrons. The van der Waals surface area contributed by atoms with E-state index in [1.165, 1.54) is 0 Å². The van der Waals surface area contributed by atoms with Gasteiger partial charge in [-0.1, -0.05) is 0 Å². The number of furan rings is 1. The highest BCUT2D eigenvalue weighted by atomic mass is 16.5. The maximum Gasteiger partial charge on any atom is 0.257 e. The van der Waals surface area contributed by atoms with Crippen molar-refractivity contribution in [1.82, 2.24) is 15.1 Å². The molecule has 2 aliphatic rings. The highest BCUT2D eigenvalue weighted by molar-refractivity contribution is 5.95. The Morgan fingerprint density at radius 1 is 1.25 bits per heavy atom. The maximum absolute atomic E-state index is 12.7. The molecule has 0 unspecified atom stereocenters. The molecule has 7 nitrogen and oxygen atoms in total. The summed E-state index contributed by atoms with van der Waals surface area (Å²) in [5.41, 5.74) is 0.658. The van der Waals surface area contributed by atoms with Crippen LogP contribution >= 0.6 is 0 Å². The number of carbonyl (C=O) groups is 1. The zero-order valence-electron chi connectivity index (χ0n) is 14.1. The molecular weight excluding hydrogens is 310 g/mol. The highest BCUT2D eigenvalue weighted by Gasteiger charge is 2.44. The summed E-state index contributed by atoms with van der Waals surface area (Å²) in [5, 5.41) is 7.87. The molecule has 0 aromatic carbocycles. The Morgan fingerprint density at radius 3 is 2.71 bits per heavy atom. The van der Waals surface area contributed by atoms with E-state index in [-0.39, 0.29) is 18.1 Å². The third-order valence-corrected chi connectivity index (χ3v) is 4.84. The van der Waals surface area contributed by atoms with Gasteiger partial charge in [0.05, 0.1) is 24.2 Å². The first-order chi connectivity index (χ1) is 11.5. The number of carbonyl (C=O) groups excluding carboxylic acids is 1. The summed E-state index contributed by atoms with van der Waals surface area (Å²) < 4.78 is 17.0. The van der Waals surface area contributed by atoms with Crippen molar-refractivity contribution >= 4 is 5.91 Å². The lowest BCUT2D eigenvalue weighted by Crippen LogP contribution is -2.31. The SMILES string of the molecule is Cc1cc(C(=O)N2C[C@H]3C[C@H](Cc4nnc(C)o4)O[C@H]3C2)c(C)o1. The number of likely N-dealkylation sites (tertiary alicyclic amines) is 1. The summed E-state index contributed by atoms with van der Waals surface area (Å²) in [6.07, 6.45) is 1.74. The molecule has 3 atom stereocenters. The molecule has 128 valence electrons. The van der Waals surface area contributed by atoms with Crippen molar-refractivity contribution in [3.63, 3.8) is 0 Å². The Morgan fingerprint density at radius 2 is 2.08 bits per heavy atom. The zero-order chi connectivity index (χ0) is 16.8. The van der Waals surface area contributed by atoms with Crippen LogP contribution in [0.15, 0.2) is 14.9 Å². The Kier molecular flexibility index (Phi) is 3.68. The molecule has 0 bridgehead atoms. The van der Waals surface area contributed by atoms with Gasteiger partial charge in [0.1, 0.15) is 11.5 Å². The van der Waals surface area contributed by atoms with Crippen molar-refractivity contribution in [2.45, 2.75) is 45.8 Å². The number of aryl methyl sites for hydroxylation is 3. The van der Waals surface area contributed by atoms with E-state index in [1.807, 2.05) is 24.8 Å². The van der Waals surface area contributed by atoms with Crippen molar-refractivity contribution in [1.29, 1.82) is 0 Å². The molecular formula is C17H21N3O4. The summed E-state index contributed by atoms with van der Waals surface area (Å²) in [4.78, 5) is 14.5. The second-order valence-corrected chi connectivity index (χ2v) is 6.75. The molecule has 4 rings (SSSR count). The van der Waals surface area contributed by atoms with Gasteiger partial charge in [-0.3, -0.25) is 4.79 Å². The van der Waals surface area contributed by atoms with E-state index in [4.69, 9.17) is 13.6 Å². The standard InChI is InChI=1S/C17H21N3O4/c1-9-4-14(10(2)22-9)17(21)20-7-12-5-13(24-15(12)8-20)6-16-19-18-11(3)23-16/h4,12-13,15H,5-8H2,1-3H3/t12-,13-,15+/m1/s1. The molecule has 2 fully saturated rings. The molecule has 2 aliphatic heterocycles. The first-order valence-corrected chi connectivity index (χ1v) is 8.30. The number of hydrogen-bond acceptors (Lipinski definition) is 6. The van der Waals surface area contributed by atoms with Crippen LogP contribution < -0.4 is 0 Å². The van der Waals surface area contributed by atoms with E-state index in [0.29, 0.717) is 42.0 Å². The molecule has 1 amide bonds. The molecule has 2 aromatic rings. The van der Waals surface area contributed by atoms with Crippen LogP contribution in [0.2, 0.25) is 0 Å². The van der Waals surface area contributed by atoms with Crippen LogP contribution in [0.1, 0.15) is 40.1 Å². The molecule has 2 aromatic heterocycles. The van der Waals surface area contributed by atoms with Gasteiger partial charge >= 0.3 is 0 Å². The Labute approximate surface area is 140 Å². The van der Waals surface area contributed by atoms with Crippen LogP contribution in [0.3, 0.4) is 0 Å². The van der Waals surface area contributed by atoms with E-state index in [0.717, 1.165) is 18.7 Å². The fourth-order valence-corrected chi connectivity index (χ4v) is 3.79. The zero-order valence-corrected chi connectivity index (χ0v) is 14.1. The van der Waals surface area contributed by atoms with Crippen molar-refractivity contribution in [2.75, 3.05) is 13.1 Å². The molecule has 0 N–H and O–H groups in total. The fourth-order valence-electron chi connectivity index (χ4n) is 3.79. The van der Waals surface area contributed by atoms with E-state index < -0.39 is 0 Å². The summed E-state index contributed by atoms with van der Waals surface area (Å²) >= 11 is 0. The molecule has 0 aliphatic carbocycles. The maximum atomic E-state index is 12.7. The minimum atomic E-state index is 0.0337. The second-order valence-electron chi connectivity index (χ2n) is 6.75. The van der Waals surface area contributed by atoms with Crippen molar-refractivity contribution in [3.05, 3.63) is 34.9 Å². The topological polar surface area (TPSA) is 81.6 Å². The van der Waals surface area contributed by atoms with E-state index in [1.54, 1.807) is 6.92 Å². The number of hydrogen-bond donors (Lipinski definition) is 0. The summed E-state index contributed by atoms with van der Waals surface area (Å²) in [7, 11) is 0. The Balaban J connectivity index is 1.37. The molecule has 0 saturated carbocycles. The van der Waals surface area contributed by atoms with Crippen LogP contribution in [-0.2, 0) is 11.2 Å². The summed E-state index contributed by atoms with van der Waals surface area (Å²) in [6, 6.07) is 1.81. The van der Waals surface area contributed by atoms with Gasteiger partial charge in [-0.15, -0.1) is 10.2 Å². The van der Waals surface area contributed by atoms with Gasteiger partial charge in [-0.2, -0.15) is 0 Å². The third kappa shape index (κ3) is 2.73. The molecule has 7 heteroatoms. The predicted molar refractivity (Wildman–Crippen MR) is 83.6 cm³/mol. The van der Waals surface area contributed by atoms with Crippen LogP contribution in [0.5, 0.6) is 0 Å². The molecule has 2 saturated heterocycles. The number of ether oxygens (including phenoxy) is 1. The van der Waals surface area contributed by atoms with Gasteiger partial charge in [0.2, 0.25) is 11.8 Å². The van der Waals surface area contributed by atoms with Crippen LogP contribution in [0.4, 0.5) is 0 Å². The smallest absolute Gasteiger partial charge is 0.257 e. The van der Waals surface area contributed by atoms with Crippen LogP contribution in [0.25, 0.3) is 0 Å². The lowest BCUT2D eigenvalue weighted by atomic mass is 10.0. The Hall–Kier alpha value is -2.15. The van der Waals surface area contributed by atoms with E-state index in [2.05, 4.69) is 10.2 Å². The normalized spacial score (nSPS) is 26.1. The van der Waals surface area contributed by atoms with Gasteiger partial charge in [0.15, 0.2) is 0 Å². The van der Waals surface area contributed by atoms with Crippen LogP contribution in [0, 0.1) is 26.7 Å². The summed E-state index contributed by atoms with van der Waals surface area (Å²) in [6.45, 7) is 6.83. The fraction of sp³-hybridized carbons (Fsp3) is 0.588.